The lowest BCUT2D eigenvalue weighted by Crippen LogP contribution is -2.12. The van der Waals surface area contributed by atoms with Crippen LogP contribution in [0, 0.1) is 13.8 Å². The van der Waals surface area contributed by atoms with Gasteiger partial charge in [-0.05, 0) is 53.6 Å². The third-order valence-corrected chi connectivity index (χ3v) is 4.66. The molecule has 0 spiro atoms. The number of hydrogen-bond donors (Lipinski definition) is 0. The molecule has 0 amide bonds. The second kappa shape index (κ2) is 6.19. The summed E-state index contributed by atoms with van der Waals surface area (Å²) in [4.78, 5) is 4.88. The van der Waals surface area contributed by atoms with Crippen molar-refractivity contribution in [2.75, 3.05) is 0 Å². The molecule has 2 heterocycles. The van der Waals surface area contributed by atoms with E-state index in [0.717, 1.165) is 22.3 Å². The number of aromatic nitrogens is 1. The van der Waals surface area contributed by atoms with Crippen LogP contribution in [0.25, 0.3) is 22.0 Å². The van der Waals surface area contributed by atoms with Gasteiger partial charge in [0.1, 0.15) is 0 Å². The maximum absolute atomic E-state index is 5.33. The Bertz CT molecular complexity index is 877. The molecule has 0 fully saturated rings. The second-order valence-electron chi connectivity index (χ2n) is 7.30. The lowest BCUT2D eigenvalue weighted by atomic mass is 9.84. The van der Waals surface area contributed by atoms with Gasteiger partial charge in [0, 0.05) is 10.9 Å². The lowest BCUT2D eigenvalue weighted by Gasteiger charge is -2.22. The van der Waals surface area contributed by atoms with Crippen LogP contribution < -0.4 is 0 Å². The Labute approximate surface area is 146 Å². The molecule has 0 bridgehead atoms. The summed E-state index contributed by atoms with van der Waals surface area (Å²) in [6.07, 6.45) is 3.50. The highest BCUT2D eigenvalue weighted by Gasteiger charge is 2.20. The molecule has 3 radical (unpaired) electrons. The zero-order valence-electron chi connectivity index (χ0n) is 14.9. The first-order valence-electron chi connectivity index (χ1n) is 8.08. The van der Waals surface area contributed by atoms with E-state index in [4.69, 9.17) is 13.8 Å². The van der Waals surface area contributed by atoms with Crippen molar-refractivity contribution in [1.82, 2.24) is 4.98 Å². The lowest BCUT2D eigenvalue weighted by molar-refractivity contribution is 0.332. The normalized spacial score (nSPS) is 12.1. The molecule has 4 heteroatoms. The molecular weight excluding hydrogens is 314 g/mol. The fraction of sp³-hybridized carbons (Fsp3) is 0.350. The van der Waals surface area contributed by atoms with Gasteiger partial charge >= 0.3 is 0 Å². The summed E-state index contributed by atoms with van der Waals surface area (Å²) in [6.45, 7) is 11.3. The van der Waals surface area contributed by atoms with Gasteiger partial charge in [-0.15, -0.1) is 0 Å². The molecule has 3 nitrogen and oxygen atoms in total. The van der Waals surface area contributed by atoms with Crippen LogP contribution in [-0.4, -0.2) is 15.5 Å². The van der Waals surface area contributed by atoms with E-state index in [9.17, 15) is 0 Å². The number of fused-ring (bicyclic) bond motifs is 1. The fourth-order valence-corrected chi connectivity index (χ4v) is 3.29. The molecular formula is C20H22NO2Si. The summed E-state index contributed by atoms with van der Waals surface area (Å²) in [6, 6.07) is 6.47. The average molecular weight is 336 g/mol. The molecule has 0 saturated heterocycles. The summed E-state index contributed by atoms with van der Waals surface area (Å²) in [5.74, 6) is 0. The van der Waals surface area contributed by atoms with Crippen molar-refractivity contribution in [2.24, 2.45) is 0 Å². The van der Waals surface area contributed by atoms with Crippen LogP contribution in [-0.2, 0) is 16.4 Å². The van der Waals surface area contributed by atoms with Crippen LogP contribution in [0.1, 0.15) is 43.2 Å². The smallest absolute Gasteiger partial charge is 0.246 e. The van der Waals surface area contributed by atoms with E-state index in [1.165, 1.54) is 22.1 Å². The van der Waals surface area contributed by atoms with E-state index in [2.05, 4.69) is 57.2 Å². The summed E-state index contributed by atoms with van der Waals surface area (Å²) in [5.41, 5.74) is 7.88. The Hall–Kier alpha value is -1.91. The molecule has 0 aliphatic rings. The van der Waals surface area contributed by atoms with Gasteiger partial charge in [-0.3, -0.25) is 4.98 Å². The van der Waals surface area contributed by atoms with Gasteiger partial charge in [0.05, 0.1) is 30.3 Å². The Balaban J connectivity index is 2.41. The van der Waals surface area contributed by atoms with Gasteiger partial charge in [-0.25, -0.2) is 0 Å². The molecule has 123 valence electrons. The highest BCUT2D eigenvalue weighted by molar-refractivity contribution is 5.99. The molecule has 1 aromatic carbocycles. The Morgan fingerprint density at radius 1 is 1.21 bits per heavy atom. The second-order valence-corrected chi connectivity index (χ2v) is 7.59. The Kier molecular flexibility index (Phi) is 4.36. The van der Waals surface area contributed by atoms with E-state index < -0.39 is 0 Å². The quantitative estimate of drug-likeness (QED) is 0.631. The summed E-state index contributed by atoms with van der Waals surface area (Å²) < 4.78 is 10.5. The molecule has 3 rings (SSSR count). The fourth-order valence-electron chi connectivity index (χ4n) is 3.15. The van der Waals surface area contributed by atoms with E-state index >= 15 is 0 Å². The molecule has 0 atom stereocenters. The van der Waals surface area contributed by atoms with Gasteiger partial charge in [0.25, 0.3) is 0 Å². The first-order valence-corrected chi connectivity index (χ1v) is 8.49. The molecule has 0 aliphatic carbocycles. The zero-order chi connectivity index (χ0) is 17.5. The number of aryl methyl sites for hydroxylation is 1. The molecule has 3 aromatic rings. The van der Waals surface area contributed by atoms with Crippen molar-refractivity contribution in [3.8, 4) is 11.1 Å². The Morgan fingerprint density at radius 3 is 2.54 bits per heavy atom. The van der Waals surface area contributed by atoms with E-state index in [-0.39, 0.29) is 5.41 Å². The maximum atomic E-state index is 5.33. The monoisotopic (exact) mass is 336 g/mol. The van der Waals surface area contributed by atoms with Gasteiger partial charge in [0.2, 0.25) is 10.5 Å². The first kappa shape index (κ1) is 16.9. The third kappa shape index (κ3) is 2.92. The number of nitrogens with zero attached hydrogens (tertiary/aromatic N) is 1. The van der Waals surface area contributed by atoms with E-state index in [1.54, 1.807) is 12.5 Å². The average Bonchev–Trinajstić information content (AvgIpc) is 3.01. The number of rotatable bonds is 3. The molecule has 0 aliphatic heterocycles. The van der Waals surface area contributed by atoms with Crippen LogP contribution in [0.3, 0.4) is 0 Å². The van der Waals surface area contributed by atoms with Crippen molar-refractivity contribution in [3.05, 3.63) is 53.1 Å². The molecule has 0 unspecified atom stereocenters. The third-order valence-electron chi connectivity index (χ3n) is 4.51. The van der Waals surface area contributed by atoms with Crippen LogP contribution in [0.2, 0.25) is 0 Å². The molecule has 2 aromatic heterocycles. The minimum atomic E-state index is 0.0764. The van der Waals surface area contributed by atoms with Crippen molar-refractivity contribution in [1.29, 1.82) is 0 Å². The van der Waals surface area contributed by atoms with E-state index in [0.29, 0.717) is 6.61 Å². The topological polar surface area (TPSA) is 35.3 Å². The van der Waals surface area contributed by atoms with Crippen LogP contribution >= 0.6 is 0 Å². The zero-order valence-corrected chi connectivity index (χ0v) is 15.9. The maximum Gasteiger partial charge on any atom is 0.246 e. The largest absolute Gasteiger partial charge is 0.472 e. The summed E-state index contributed by atoms with van der Waals surface area (Å²) in [7, 11) is 3.11. The van der Waals surface area contributed by atoms with Crippen LogP contribution in [0.5, 0.6) is 0 Å². The highest BCUT2D eigenvalue weighted by atomic mass is 28.2. The van der Waals surface area contributed by atoms with Gasteiger partial charge < -0.3 is 8.84 Å². The highest BCUT2D eigenvalue weighted by Crippen LogP contribution is 2.37. The van der Waals surface area contributed by atoms with Crippen molar-refractivity contribution in [2.45, 2.75) is 46.6 Å². The standard InChI is InChI=1S/C20H22NO2Si/c1-12-8-15(20(3,4)5)9-16-18(12)19(14-6-7-22-10-14)13(2)17(21-16)11-23-24/h6-10H,11H2,1-5H3. The van der Waals surface area contributed by atoms with Gasteiger partial charge in [-0.1, -0.05) is 26.8 Å². The molecule has 0 saturated carbocycles. The molecule has 24 heavy (non-hydrogen) atoms. The predicted molar refractivity (Wildman–Crippen MR) is 98.2 cm³/mol. The van der Waals surface area contributed by atoms with E-state index in [1.807, 2.05) is 6.07 Å². The minimum Gasteiger partial charge on any atom is -0.472 e. The minimum absolute atomic E-state index is 0.0764. The van der Waals surface area contributed by atoms with Crippen molar-refractivity contribution >= 4 is 21.4 Å². The SMILES string of the molecule is Cc1c(CO[Si])nc2cc(C(C)(C)C)cc(C)c2c1-c1ccoc1. The summed E-state index contributed by atoms with van der Waals surface area (Å²) in [5, 5.41) is 1.18. The van der Waals surface area contributed by atoms with Crippen molar-refractivity contribution in [3.63, 3.8) is 0 Å². The van der Waals surface area contributed by atoms with Crippen molar-refractivity contribution < 1.29 is 8.84 Å². The predicted octanol–water partition coefficient (Wildman–Crippen LogP) is 5.01. The Morgan fingerprint density at radius 2 is 1.96 bits per heavy atom. The first-order chi connectivity index (χ1) is 11.3. The van der Waals surface area contributed by atoms with Crippen LogP contribution in [0.4, 0.5) is 0 Å². The van der Waals surface area contributed by atoms with Gasteiger partial charge in [0.15, 0.2) is 0 Å². The number of furan rings is 1. The number of benzene rings is 1. The van der Waals surface area contributed by atoms with Crippen LogP contribution in [0.15, 0.2) is 35.1 Å². The number of hydrogen-bond acceptors (Lipinski definition) is 3. The molecule has 0 N–H and O–H groups in total. The summed E-state index contributed by atoms with van der Waals surface area (Å²) >= 11 is 0. The van der Waals surface area contributed by atoms with Gasteiger partial charge in [-0.2, -0.15) is 0 Å². The number of pyridine rings is 1.